The molecule has 0 bridgehead atoms. The third-order valence-corrected chi connectivity index (χ3v) is 2.27. The highest BCUT2D eigenvalue weighted by atomic mass is 16.5. The van der Waals surface area contributed by atoms with E-state index < -0.39 is 0 Å². The zero-order chi connectivity index (χ0) is 11.8. The van der Waals surface area contributed by atoms with Gasteiger partial charge in [0.2, 0.25) is 11.7 Å². The van der Waals surface area contributed by atoms with Crippen molar-refractivity contribution in [2.45, 2.75) is 26.8 Å². The van der Waals surface area contributed by atoms with E-state index >= 15 is 0 Å². The van der Waals surface area contributed by atoms with Crippen molar-refractivity contribution in [1.29, 1.82) is 0 Å². The molecule has 2 aromatic rings. The lowest BCUT2D eigenvalue weighted by atomic mass is 9.87. The second kappa shape index (κ2) is 3.67. The molecule has 1 unspecified atom stereocenters. The molecule has 0 radical (unpaired) electrons. The predicted molar refractivity (Wildman–Crippen MR) is 56.1 cm³/mol. The molecule has 0 aliphatic rings. The van der Waals surface area contributed by atoms with E-state index in [9.17, 15) is 0 Å². The first kappa shape index (κ1) is 10.7. The molecular weight excluding hydrogens is 208 g/mol. The maximum Gasteiger partial charge on any atom is 0.244 e. The van der Waals surface area contributed by atoms with E-state index in [0.717, 1.165) is 0 Å². The average molecular weight is 222 g/mol. The van der Waals surface area contributed by atoms with E-state index in [2.05, 4.69) is 25.3 Å². The monoisotopic (exact) mass is 222 g/mol. The molecule has 0 amide bonds. The maximum atomic E-state index is 6.00. The first-order valence-electron chi connectivity index (χ1n) is 4.93. The van der Waals surface area contributed by atoms with Crippen molar-refractivity contribution in [2.75, 3.05) is 0 Å². The molecule has 2 heterocycles. The number of rotatable bonds is 2. The second-order valence-electron chi connectivity index (χ2n) is 4.63. The molecule has 0 saturated heterocycles. The van der Waals surface area contributed by atoms with Crippen LogP contribution in [0.2, 0.25) is 0 Å². The molecule has 2 aromatic heterocycles. The van der Waals surface area contributed by atoms with Gasteiger partial charge in [-0.3, -0.25) is 5.10 Å². The van der Waals surface area contributed by atoms with Gasteiger partial charge in [-0.15, -0.1) is 0 Å². The minimum Gasteiger partial charge on any atom is -0.337 e. The number of aromatic amines is 1. The number of hydrogen-bond acceptors (Lipinski definition) is 6. The van der Waals surface area contributed by atoms with Crippen molar-refractivity contribution in [3.63, 3.8) is 0 Å². The van der Waals surface area contributed by atoms with Gasteiger partial charge in [0.15, 0.2) is 5.82 Å². The van der Waals surface area contributed by atoms with Gasteiger partial charge in [-0.1, -0.05) is 25.9 Å². The van der Waals surface area contributed by atoms with E-state index in [1.165, 1.54) is 6.33 Å². The van der Waals surface area contributed by atoms with Crippen LogP contribution in [0, 0.1) is 5.41 Å². The molecule has 86 valence electrons. The van der Waals surface area contributed by atoms with Gasteiger partial charge in [0.25, 0.3) is 0 Å². The van der Waals surface area contributed by atoms with Crippen LogP contribution in [0.4, 0.5) is 0 Å². The maximum absolute atomic E-state index is 6.00. The first-order chi connectivity index (χ1) is 7.48. The van der Waals surface area contributed by atoms with Gasteiger partial charge in [0.05, 0.1) is 6.04 Å². The number of aromatic nitrogens is 5. The summed E-state index contributed by atoms with van der Waals surface area (Å²) >= 11 is 0. The third kappa shape index (κ3) is 1.94. The average Bonchev–Trinajstić information content (AvgIpc) is 2.85. The molecular formula is C9H14N6O. The first-order valence-corrected chi connectivity index (χ1v) is 4.93. The molecule has 0 saturated carbocycles. The molecule has 0 fully saturated rings. The van der Waals surface area contributed by atoms with Crippen molar-refractivity contribution in [2.24, 2.45) is 11.1 Å². The summed E-state index contributed by atoms with van der Waals surface area (Å²) in [6.07, 6.45) is 1.38. The molecule has 0 aromatic carbocycles. The summed E-state index contributed by atoms with van der Waals surface area (Å²) in [4.78, 5) is 8.11. The van der Waals surface area contributed by atoms with E-state index in [-0.39, 0.29) is 11.5 Å². The van der Waals surface area contributed by atoms with E-state index in [4.69, 9.17) is 10.3 Å². The van der Waals surface area contributed by atoms with Crippen LogP contribution < -0.4 is 5.73 Å². The number of H-pyrrole nitrogens is 1. The van der Waals surface area contributed by atoms with Gasteiger partial charge < -0.3 is 10.3 Å². The Kier molecular flexibility index (Phi) is 2.47. The Bertz CT molecular complexity index is 455. The summed E-state index contributed by atoms with van der Waals surface area (Å²) in [7, 11) is 0. The summed E-state index contributed by atoms with van der Waals surface area (Å²) in [5, 5.41) is 10.2. The highest BCUT2D eigenvalue weighted by molar-refractivity contribution is 5.39. The lowest BCUT2D eigenvalue weighted by Gasteiger charge is -2.23. The summed E-state index contributed by atoms with van der Waals surface area (Å²) in [5.74, 6) is 1.24. The van der Waals surface area contributed by atoms with Gasteiger partial charge in [-0.2, -0.15) is 10.1 Å². The Hall–Kier alpha value is -1.76. The molecule has 2 rings (SSSR count). The van der Waals surface area contributed by atoms with Crippen molar-refractivity contribution >= 4 is 0 Å². The number of hydrogen-bond donors (Lipinski definition) is 2. The van der Waals surface area contributed by atoms with E-state index in [0.29, 0.717) is 17.5 Å². The molecule has 0 aliphatic heterocycles. The number of nitrogens with one attached hydrogen (secondary N) is 1. The zero-order valence-corrected chi connectivity index (χ0v) is 9.43. The molecule has 3 N–H and O–H groups in total. The smallest absolute Gasteiger partial charge is 0.244 e. The Morgan fingerprint density at radius 3 is 2.75 bits per heavy atom. The van der Waals surface area contributed by atoms with Crippen molar-refractivity contribution < 1.29 is 4.52 Å². The lowest BCUT2D eigenvalue weighted by Crippen LogP contribution is -2.26. The fourth-order valence-corrected chi connectivity index (χ4v) is 1.14. The van der Waals surface area contributed by atoms with Crippen LogP contribution >= 0.6 is 0 Å². The second-order valence-corrected chi connectivity index (χ2v) is 4.63. The largest absolute Gasteiger partial charge is 0.337 e. The minimum absolute atomic E-state index is 0.134. The summed E-state index contributed by atoms with van der Waals surface area (Å²) in [6.45, 7) is 6.03. The highest BCUT2D eigenvalue weighted by Crippen LogP contribution is 2.29. The van der Waals surface area contributed by atoms with E-state index in [1.54, 1.807) is 0 Å². The molecule has 0 aliphatic carbocycles. The Morgan fingerprint density at radius 2 is 2.19 bits per heavy atom. The van der Waals surface area contributed by atoms with Crippen molar-refractivity contribution in [3.8, 4) is 11.6 Å². The summed E-state index contributed by atoms with van der Waals surface area (Å²) in [5.41, 5.74) is 5.86. The van der Waals surface area contributed by atoms with Crippen LogP contribution in [0.25, 0.3) is 11.6 Å². The lowest BCUT2D eigenvalue weighted by molar-refractivity contribution is 0.253. The summed E-state index contributed by atoms with van der Waals surface area (Å²) in [6, 6.07) is -0.309. The molecule has 0 spiro atoms. The molecule has 7 heteroatoms. The quantitative estimate of drug-likeness (QED) is 0.781. The predicted octanol–water partition coefficient (Wildman–Crippen LogP) is 0.901. The normalized spacial score (nSPS) is 14.0. The number of nitrogens with two attached hydrogens (primary N) is 1. The van der Waals surface area contributed by atoms with Crippen LogP contribution in [-0.2, 0) is 0 Å². The van der Waals surface area contributed by atoms with Gasteiger partial charge in [-0.05, 0) is 5.41 Å². The van der Waals surface area contributed by atoms with Gasteiger partial charge >= 0.3 is 0 Å². The van der Waals surface area contributed by atoms with Crippen LogP contribution in [0.3, 0.4) is 0 Å². The molecule has 1 atom stereocenters. The third-order valence-electron chi connectivity index (χ3n) is 2.27. The molecule has 16 heavy (non-hydrogen) atoms. The molecule has 7 nitrogen and oxygen atoms in total. The van der Waals surface area contributed by atoms with Crippen LogP contribution in [-0.4, -0.2) is 25.3 Å². The van der Waals surface area contributed by atoms with Crippen LogP contribution in [0.5, 0.6) is 0 Å². The van der Waals surface area contributed by atoms with Gasteiger partial charge in [-0.25, -0.2) is 4.98 Å². The van der Waals surface area contributed by atoms with Crippen LogP contribution in [0.1, 0.15) is 32.7 Å². The topological polar surface area (TPSA) is 107 Å². The van der Waals surface area contributed by atoms with Crippen LogP contribution in [0.15, 0.2) is 10.9 Å². The fourth-order valence-electron chi connectivity index (χ4n) is 1.14. The van der Waals surface area contributed by atoms with E-state index in [1.807, 2.05) is 20.8 Å². The van der Waals surface area contributed by atoms with Crippen molar-refractivity contribution in [1.82, 2.24) is 25.3 Å². The Morgan fingerprint density at radius 1 is 1.44 bits per heavy atom. The highest BCUT2D eigenvalue weighted by Gasteiger charge is 2.28. The van der Waals surface area contributed by atoms with Gasteiger partial charge in [0, 0.05) is 0 Å². The standard InChI is InChI=1S/C9H14N6O/c1-9(2,3)5(10)8-13-7(15-16-8)6-11-4-12-14-6/h4-5H,10H2,1-3H3,(H,11,12,14). The van der Waals surface area contributed by atoms with Gasteiger partial charge in [0.1, 0.15) is 6.33 Å². The Balaban J connectivity index is 2.27. The minimum atomic E-state index is -0.309. The van der Waals surface area contributed by atoms with Crippen molar-refractivity contribution in [3.05, 3.63) is 12.2 Å². The number of nitrogens with zero attached hydrogens (tertiary/aromatic N) is 4. The fraction of sp³-hybridized carbons (Fsp3) is 0.556. The summed E-state index contributed by atoms with van der Waals surface area (Å²) < 4.78 is 5.10. The zero-order valence-electron chi connectivity index (χ0n) is 9.43. The SMILES string of the molecule is CC(C)(C)C(N)c1nc(-c2ncn[nH]2)no1. The Labute approximate surface area is 92.5 Å².